The van der Waals surface area contributed by atoms with Crippen molar-refractivity contribution in [2.75, 3.05) is 6.61 Å². The second-order valence-electron chi connectivity index (χ2n) is 6.98. The minimum atomic E-state index is -0.515. The Bertz CT molecular complexity index is 889. The molecule has 0 fully saturated rings. The molecule has 25 heavy (non-hydrogen) atoms. The molecule has 1 aromatic carbocycles. The quantitative estimate of drug-likeness (QED) is 0.811. The topological polar surface area (TPSA) is 79.9 Å². The zero-order chi connectivity index (χ0) is 18.2. The largest absolute Gasteiger partial charge is 0.507 e. The van der Waals surface area contributed by atoms with Crippen LogP contribution < -0.4 is 10.4 Å². The summed E-state index contributed by atoms with van der Waals surface area (Å²) in [6.45, 7) is 5.92. The SMILES string of the molecule is CCCc1cc(=O)oc2c(CCCO)c(O)c3c(c12)OC(C)(C)C=C3. The first kappa shape index (κ1) is 17.5. The summed E-state index contributed by atoms with van der Waals surface area (Å²) in [5.74, 6) is 0.611. The van der Waals surface area contributed by atoms with E-state index in [9.17, 15) is 15.0 Å². The van der Waals surface area contributed by atoms with Crippen molar-refractivity contribution in [1.29, 1.82) is 0 Å². The fourth-order valence-electron chi connectivity index (χ4n) is 3.31. The molecule has 3 rings (SSSR count). The number of aryl methyl sites for hydroxylation is 2. The van der Waals surface area contributed by atoms with E-state index in [2.05, 4.69) is 0 Å². The molecule has 0 bridgehead atoms. The molecular formula is C20H24O5. The highest BCUT2D eigenvalue weighted by Crippen LogP contribution is 2.46. The summed E-state index contributed by atoms with van der Waals surface area (Å²) in [5, 5.41) is 20.7. The fourth-order valence-corrected chi connectivity index (χ4v) is 3.31. The number of aromatic hydroxyl groups is 1. The van der Waals surface area contributed by atoms with Gasteiger partial charge in [-0.3, -0.25) is 0 Å². The molecule has 2 heterocycles. The zero-order valence-electron chi connectivity index (χ0n) is 14.9. The minimum absolute atomic E-state index is 0.00370. The number of hydrogen-bond acceptors (Lipinski definition) is 5. The van der Waals surface area contributed by atoms with E-state index in [0.717, 1.165) is 17.4 Å². The smallest absolute Gasteiger partial charge is 0.336 e. The number of rotatable bonds is 5. The molecule has 0 atom stereocenters. The number of fused-ring (bicyclic) bond motifs is 3. The third-order valence-electron chi connectivity index (χ3n) is 4.45. The Kier molecular flexibility index (Phi) is 4.60. The lowest BCUT2D eigenvalue weighted by atomic mass is 9.92. The van der Waals surface area contributed by atoms with Gasteiger partial charge in [-0.25, -0.2) is 4.79 Å². The van der Waals surface area contributed by atoms with Gasteiger partial charge in [0.15, 0.2) is 0 Å². The monoisotopic (exact) mass is 344 g/mol. The molecule has 2 N–H and O–H groups in total. The molecule has 0 aliphatic carbocycles. The molecule has 5 nitrogen and oxygen atoms in total. The van der Waals surface area contributed by atoms with Gasteiger partial charge in [0, 0.05) is 18.2 Å². The number of benzene rings is 1. The average molecular weight is 344 g/mol. The summed E-state index contributed by atoms with van der Waals surface area (Å²) < 4.78 is 11.6. The minimum Gasteiger partial charge on any atom is -0.507 e. The Morgan fingerprint density at radius 1 is 1.24 bits per heavy atom. The number of ether oxygens (including phenoxy) is 1. The van der Waals surface area contributed by atoms with E-state index < -0.39 is 11.2 Å². The molecule has 1 aliphatic rings. The first-order chi connectivity index (χ1) is 11.9. The van der Waals surface area contributed by atoms with E-state index in [0.29, 0.717) is 41.7 Å². The lowest BCUT2D eigenvalue weighted by molar-refractivity contribution is 0.160. The van der Waals surface area contributed by atoms with Crippen LogP contribution in [0, 0.1) is 0 Å². The van der Waals surface area contributed by atoms with E-state index in [1.54, 1.807) is 0 Å². The van der Waals surface area contributed by atoms with Gasteiger partial charge in [-0.2, -0.15) is 0 Å². The molecule has 0 spiro atoms. The van der Waals surface area contributed by atoms with Gasteiger partial charge < -0.3 is 19.4 Å². The van der Waals surface area contributed by atoms with E-state index in [1.165, 1.54) is 6.07 Å². The van der Waals surface area contributed by atoms with Crippen LogP contribution in [0.2, 0.25) is 0 Å². The van der Waals surface area contributed by atoms with Gasteiger partial charge in [0.1, 0.15) is 22.7 Å². The van der Waals surface area contributed by atoms with Gasteiger partial charge in [-0.05, 0) is 50.8 Å². The Morgan fingerprint density at radius 2 is 2.00 bits per heavy atom. The molecular weight excluding hydrogens is 320 g/mol. The summed E-state index contributed by atoms with van der Waals surface area (Å²) >= 11 is 0. The van der Waals surface area contributed by atoms with Crippen molar-refractivity contribution in [2.45, 2.75) is 52.1 Å². The van der Waals surface area contributed by atoms with Crippen molar-refractivity contribution in [3.8, 4) is 11.5 Å². The van der Waals surface area contributed by atoms with E-state index in [4.69, 9.17) is 9.15 Å². The zero-order valence-corrected chi connectivity index (χ0v) is 14.9. The molecule has 0 radical (unpaired) electrons. The van der Waals surface area contributed by atoms with Crippen LogP contribution in [-0.2, 0) is 12.8 Å². The van der Waals surface area contributed by atoms with Crippen LogP contribution >= 0.6 is 0 Å². The average Bonchev–Trinajstić information content (AvgIpc) is 2.53. The highest BCUT2D eigenvalue weighted by atomic mass is 16.5. The van der Waals surface area contributed by atoms with Crippen LogP contribution in [0.1, 0.15) is 50.3 Å². The molecule has 0 amide bonds. The van der Waals surface area contributed by atoms with Crippen molar-refractivity contribution in [1.82, 2.24) is 0 Å². The standard InChI is InChI=1S/C20H24O5/c1-4-6-12-11-15(22)24-18-13(7-5-10-21)17(23)14-8-9-20(2,3)25-19(14)16(12)18/h8-9,11,21,23H,4-7,10H2,1-3H3. The maximum atomic E-state index is 12.1. The Labute approximate surface area is 146 Å². The van der Waals surface area contributed by atoms with E-state index >= 15 is 0 Å². The van der Waals surface area contributed by atoms with Crippen LogP contribution in [0.15, 0.2) is 21.4 Å². The summed E-state index contributed by atoms with van der Waals surface area (Å²) in [6, 6.07) is 1.51. The van der Waals surface area contributed by atoms with E-state index in [1.807, 2.05) is 32.9 Å². The molecule has 5 heteroatoms. The fraction of sp³-hybridized carbons (Fsp3) is 0.450. The highest BCUT2D eigenvalue weighted by Gasteiger charge is 2.30. The number of aliphatic hydroxyl groups excluding tert-OH is 1. The van der Waals surface area contributed by atoms with Crippen molar-refractivity contribution < 1.29 is 19.4 Å². The molecule has 0 saturated carbocycles. The lowest BCUT2D eigenvalue weighted by Crippen LogP contribution is -2.28. The van der Waals surface area contributed by atoms with Gasteiger partial charge >= 0.3 is 5.63 Å². The molecule has 1 aliphatic heterocycles. The van der Waals surface area contributed by atoms with Crippen LogP contribution in [-0.4, -0.2) is 22.4 Å². The Hall–Kier alpha value is -2.27. The van der Waals surface area contributed by atoms with Crippen molar-refractivity contribution in [3.63, 3.8) is 0 Å². The van der Waals surface area contributed by atoms with E-state index in [-0.39, 0.29) is 12.4 Å². The third-order valence-corrected chi connectivity index (χ3v) is 4.45. The summed E-state index contributed by atoms with van der Waals surface area (Å²) in [5.41, 5.74) is 1.43. The highest BCUT2D eigenvalue weighted by molar-refractivity contribution is 5.96. The summed E-state index contributed by atoms with van der Waals surface area (Å²) in [6.07, 6.45) is 6.24. The molecule has 2 aromatic rings. The molecule has 134 valence electrons. The van der Waals surface area contributed by atoms with Gasteiger partial charge in [-0.1, -0.05) is 13.3 Å². The molecule has 0 saturated heterocycles. The lowest BCUT2D eigenvalue weighted by Gasteiger charge is -2.30. The van der Waals surface area contributed by atoms with Crippen molar-refractivity contribution in [3.05, 3.63) is 39.3 Å². The summed E-state index contributed by atoms with van der Waals surface area (Å²) in [4.78, 5) is 12.1. The normalized spacial score (nSPS) is 15.2. The number of phenols is 1. The summed E-state index contributed by atoms with van der Waals surface area (Å²) in [7, 11) is 0. The van der Waals surface area contributed by atoms with Gasteiger partial charge in [-0.15, -0.1) is 0 Å². The number of phenolic OH excluding ortho intramolecular Hbond substituents is 1. The first-order valence-electron chi connectivity index (χ1n) is 8.71. The molecule has 0 unspecified atom stereocenters. The van der Waals surface area contributed by atoms with Gasteiger partial charge in [0.2, 0.25) is 0 Å². The third kappa shape index (κ3) is 3.16. The first-order valence-corrected chi connectivity index (χ1v) is 8.71. The second kappa shape index (κ2) is 6.56. The van der Waals surface area contributed by atoms with Crippen LogP contribution in [0.5, 0.6) is 11.5 Å². The Morgan fingerprint density at radius 3 is 2.68 bits per heavy atom. The van der Waals surface area contributed by atoms with Crippen LogP contribution in [0.3, 0.4) is 0 Å². The molecule has 1 aromatic heterocycles. The number of hydrogen-bond donors (Lipinski definition) is 2. The second-order valence-corrected chi connectivity index (χ2v) is 6.98. The van der Waals surface area contributed by atoms with Crippen molar-refractivity contribution >= 4 is 17.0 Å². The van der Waals surface area contributed by atoms with Gasteiger partial charge in [0.05, 0.1) is 10.9 Å². The predicted molar refractivity (Wildman–Crippen MR) is 97.3 cm³/mol. The maximum absolute atomic E-state index is 12.1. The van der Waals surface area contributed by atoms with Crippen LogP contribution in [0.25, 0.3) is 17.0 Å². The van der Waals surface area contributed by atoms with Gasteiger partial charge in [0.25, 0.3) is 0 Å². The number of aliphatic hydroxyl groups is 1. The Balaban J connectivity index is 2.41. The maximum Gasteiger partial charge on any atom is 0.336 e. The van der Waals surface area contributed by atoms with Crippen LogP contribution in [0.4, 0.5) is 0 Å². The predicted octanol–water partition coefficient (Wildman–Crippen LogP) is 3.56. The van der Waals surface area contributed by atoms with Crippen molar-refractivity contribution in [2.24, 2.45) is 0 Å².